The van der Waals surface area contributed by atoms with Crippen molar-refractivity contribution >= 4 is 64.6 Å². The number of aromatic carboxylic acids is 1. The Morgan fingerprint density at radius 1 is 0.963 bits per heavy atom. The number of nitrogens with zero attached hydrogens (tertiary/aromatic N) is 3. The van der Waals surface area contributed by atoms with Gasteiger partial charge < -0.3 is 71.4 Å². The van der Waals surface area contributed by atoms with Crippen LogP contribution in [0, 0.1) is 34.2 Å². The van der Waals surface area contributed by atoms with E-state index in [2.05, 4.69) is 27.0 Å². The monoisotopic (exact) mass is 1370 g/mol. The van der Waals surface area contributed by atoms with Gasteiger partial charge in [-0.3, -0.25) is 14.7 Å². The fourth-order valence-electron chi connectivity index (χ4n) is 9.31. The summed E-state index contributed by atoms with van der Waals surface area (Å²) < 4.78 is 61.8. The summed E-state index contributed by atoms with van der Waals surface area (Å²) in [6.07, 6.45) is 2.85. The summed E-state index contributed by atoms with van der Waals surface area (Å²) in [4.78, 5) is 70.4. The number of carboxylic acid groups (broad SMARTS) is 3. The Labute approximate surface area is 494 Å². The van der Waals surface area contributed by atoms with Gasteiger partial charge in [-0.05, 0) is 80.0 Å². The number of benzene rings is 3. The van der Waals surface area contributed by atoms with Crippen molar-refractivity contribution in [1.29, 1.82) is 5.26 Å². The number of ether oxygens (including phenoxy) is 3. The molecule has 2 aliphatic heterocycles. The molecule has 0 bridgehead atoms. The summed E-state index contributed by atoms with van der Waals surface area (Å²) in [7, 11) is 1.32. The SMILES string of the molecule is CCCCCOC(=O)Nc1nc(=O)n([C@@H]2O[C@H](C)[C@@H](O)[C@H]2O)cc1F.COc1cc(C(=O)O)ccc1NC(=O)[C@@H]1N[C@@H](CC(C)(C)C)[C@](C#N)(c2ccc(Cl)cc2F)[C@H]1c1cccc(Cl)c1F.N[C@@H]1CCCC[C@H]1N.O=C([O-])C(=O)[O-].[Pt+2]. The number of carbonyl (C=O) groups is 5. The van der Waals surface area contributed by atoms with E-state index in [0.29, 0.717) is 12.8 Å². The molecule has 4 aromatic rings. The van der Waals surface area contributed by atoms with E-state index < -0.39 is 112 Å². The number of nitrogens with one attached hydrogen (secondary N) is 3. The second-order valence-electron chi connectivity index (χ2n) is 20.4. The predicted molar refractivity (Wildman–Crippen MR) is 285 cm³/mol. The number of rotatable bonds is 13. The topological polar surface area (TPSA) is 367 Å². The Morgan fingerprint density at radius 2 is 1.60 bits per heavy atom. The van der Waals surface area contributed by atoms with Gasteiger partial charge in [0.05, 0.1) is 66.3 Å². The number of methoxy groups -OCH3 is 1. The van der Waals surface area contributed by atoms with Gasteiger partial charge >= 0.3 is 38.8 Å². The molecule has 10 atom stereocenters. The van der Waals surface area contributed by atoms with E-state index in [-0.39, 0.29) is 77.9 Å². The summed E-state index contributed by atoms with van der Waals surface area (Å²) in [6, 6.07) is 12.9. The summed E-state index contributed by atoms with van der Waals surface area (Å²) in [5, 5.41) is 65.6. The van der Waals surface area contributed by atoms with E-state index in [1.54, 1.807) is 0 Å². The number of unbranched alkanes of at least 4 members (excludes halogenated alkanes) is 2. The maximum Gasteiger partial charge on any atom is 2.00 e. The zero-order chi connectivity index (χ0) is 60.7. The number of anilines is 2. The molecule has 10 N–H and O–H groups in total. The second kappa shape index (κ2) is 31.5. The first kappa shape index (κ1) is 70.1. The first-order valence-electron chi connectivity index (χ1n) is 25.5. The molecule has 3 heterocycles. The number of nitrogens with two attached hydrogens (primary N) is 2. The van der Waals surface area contributed by atoms with E-state index in [9.17, 15) is 44.2 Å². The standard InChI is InChI=1S/C31H29Cl2F2N3O4.C15H22FN3O6.C6H14N2.C2H2O4.Pt/c1-30(2,3)14-24-31(15-36,19-10-9-17(32)13-21(19)34)25(18-6-5-7-20(33)26(18)35)27(38-24)28(39)37-22-11-8-16(29(40)41)12-23(22)42-4;1-3-4-5-6-24-15(23)18-12-9(16)7-19(14(22)17-12)13-11(21)10(20)8(2)25-13;7-5-3-1-2-4-6(5)8;3-1(4)2(5)6;/h5-13,24-25,27,38H,14H2,1-4H3,(H,37,39)(H,40,41);7-8,10-11,13,20-21H,3-6H2,1-2H3,(H,17,18,22,23);5-6H,1-4,7-8H2;(H,3,4)(H,5,6);/q;;;;+2/p-2/t24-,25-,27+,31-;8-,10-,11-,13-;5-,6-;;/m011../s1. The Morgan fingerprint density at radius 3 is 2.11 bits per heavy atom. The minimum atomic E-state index is -2.19. The van der Waals surface area contributed by atoms with Gasteiger partial charge in [0.25, 0.3) is 0 Å². The zero-order valence-corrected chi connectivity index (χ0v) is 49.2. The number of aliphatic carboxylic acids is 2. The van der Waals surface area contributed by atoms with Gasteiger partial charge in [0.15, 0.2) is 17.9 Å². The third-order valence-corrected chi connectivity index (χ3v) is 13.9. The van der Waals surface area contributed by atoms with Crippen LogP contribution in [0.15, 0.2) is 65.6 Å². The van der Waals surface area contributed by atoms with E-state index in [0.717, 1.165) is 42.5 Å². The first-order valence-corrected chi connectivity index (χ1v) is 26.2. The number of halogens is 5. The molecule has 22 nitrogen and oxygen atoms in total. The third-order valence-electron chi connectivity index (χ3n) is 13.3. The average molecular weight is 1370 g/mol. The van der Waals surface area contributed by atoms with Crippen molar-refractivity contribution < 1.29 is 98.0 Å². The van der Waals surface area contributed by atoms with Gasteiger partial charge in [-0.1, -0.05) is 94.8 Å². The molecule has 1 aliphatic carbocycles. The van der Waals surface area contributed by atoms with Crippen LogP contribution < -0.4 is 48.1 Å². The summed E-state index contributed by atoms with van der Waals surface area (Å²) in [5.74, 6) is -10.6. The second-order valence-corrected chi connectivity index (χ2v) is 21.2. The molecule has 0 unspecified atom stereocenters. The molecular weight excluding hydrogens is 1310 g/mol. The van der Waals surface area contributed by atoms with Crippen molar-refractivity contribution in [1.82, 2.24) is 14.9 Å². The van der Waals surface area contributed by atoms with E-state index in [1.807, 2.05) is 27.7 Å². The van der Waals surface area contributed by atoms with Crippen LogP contribution in [0.3, 0.4) is 0 Å². The maximum atomic E-state index is 15.8. The number of carbonyl (C=O) groups excluding carboxylic acids is 4. The molecule has 0 radical (unpaired) electrons. The number of hydrogen-bond acceptors (Lipinski definition) is 18. The van der Waals surface area contributed by atoms with Crippen LogP contribution in [0.25, 0.3) is 0 Å². The van der Waals surface area contributed by atoms with Crippen LogP contribution in [-0.4, -0.2) is 111 Å². The Kier molecular flexibility index (Phi) is 26.9. The minimum absolute atomic E-state index is 0. The number of nitriles is 1. The number of aliphatic hydroxyl groups is 2. The Balaban J connectivity index is 0.000000369. The summed E-state index contributed by atoms with van der Waals surface area (Å²) >= 11 is 12.2. The molecule has 82 heavy (non-hydrogen) atoms. The van der Waals surface area contributed by atoms with Crippen LogP contribution in [0.2, 0.25) is 10.0 Å². The molecule has 7 rings (SSSR count). The number of aromatic nitrogens is 2. The zero-order valence-electron chi connectivity index (χ0n) is 45.4. The quantitative estimate of drug-likeness (QED) is 0.0679. The molecule has 0 spiro atoms. The van der Waals surface area contributed by atoms with Gasteiger partial charge in [-0.2, -0.15) is 10.2 Å². The van der Waals surface area contributed by atoms with Crippen LogP contribution in [0.4, 0.5) is 29.5 Å². The third kappa shape index (κ3) is 18.1. The first-order chi connectivity index (χ1) is 38.0. The van der Waals surface area contributed by atoms with Crippen LogP contribution >= 0.6 is 23.2 Å². The van der Waals surface area contributed by atoms with E-state index in [4.69, 9.17) is 68.7 Å². The van der Waals surface area contributed by atoms with Gasteiger partial charge in [-0.15, -0.1) is 0 Å². The fraction of sp³-hybridized carbons (Fsp3) is 0.481. The van der Waals surface area contributed by atoms with Crippen LogP contribution in [0.1, 0.15) is 120 Å². The minimum Gasteiger partial charge on any atom is -0.543 e. The largest absolute Gasteiger partial charge is 2.00 e. The van der Waals surface area contributed by atoms with Gasteiger partial charge in [-0.25, -0.2) is 27.6 Å². The van der Waals surface area contributed by atoms with Crippen LogP contribution in [0.5, 0.6) is 5.75 Å². The normalized spacial score (nSPS) is 23.5. The number of amides is 2. The van der Waals surface area contributed by atoms with Gasteiger partial charge in [0.1, 0.15) is 35.0 Å². The average Bonchev–Trinajstić information content (AvgIpc) is 3.86. The molecule has 1 aromatic heterocycles. The molecule has 2 amide bonds. The maximum absolute atomic E-state index is 15.8. The van der Waals surface area contributed by atoms with Crippen molar-refractivity contribution in [3.05, 3.63) is 115 Å². The number of carboxylic acids is 3. The summed E-state index contributed by atoms with van der Waals surface area (Å²) in [6.45, 7) is 9.49. The van der Waals surface area contributed by atoms with Crippen LogP contribution in [-0.2, 0) is 50.3 Å². The van der Waals surface area contributed by atoms with Crippen molar-refractivity contribution in [2.75, 3.05) is 24.4 Å². The molecule has 3 fully saturated rings. The van der Waals surface area contributed by atoms with Crippen molar-refractivity contribution in [3.8, 4) is 11.8 Å². The van der Waals surface area contributed by atoms with E-state index >= 15 is 8.78 Å². The Bertz CT molecular complexity index is 2970. The Hall–Kier alpha value is -6.20. The van der Waals surface area contributed by atoms with Gasteiger partial charge in [0.2, 0.25) is 5.91 Å². The van der Waals surface area contributed by atoms with Crippen molar-refractivity contribution in [2.45, 2.75) is 146 Å². The summed E-state index contributed by atoms with van der Waals surface area (Å²) in [5.41, 5.74) is 8.17. The molecule has 28 heteroatoms. The van der Waals surface area contributed by atoms with Crippen molar-refractivity contribution in [2.24, 2.45) is 16.9 Å². The molecule has 3 aliphatic rings. The van der Waals surface area contributed by atoms with Crippen molar-refractivity contribution in [3.63, 3.8) is 0 Å². The fourth-order valence-corrected chi connectivity index (χ4v) is 9.65. The molecule has 450 valence electrons. The molecule has 3 aromatic carbocycles. The molecule has 1 saturated carbocycles. The van der Waals surface area contributed by atoms with E-state index in [1.165, 1.54) is 75.4 Å². The molecular formula is C54H65Cl2F3N8O14Pt. The predicted octanol–water partition coefficient (Wildman–Crippen LogP) is 4.40. The van der Waals surface area contributed by atoms with Gasteiger partial charge in [0, 0.05) is 34.6 Å². The molecule has 2 saturated heterocycles. The number of aliphatic hydroxyl groups excluding tert-OH is 2. The number of hydrogen-bond donors (Lipinski definition) is 8. The smallest absolute Gasteiger partial charge is 0.543 e.